The monoisotopic (exact) mass is 242 g/mol. The van der Waals surface area contributed by atoms with Gasteiger partial charge in [-0.2, -0.15) is 0 Å². The first-order chi connectivity index (χ1) is 7.97. The van der Waals surface area contributed by atoms with E-state index in [2.05, 4.69) is 19.2 Å². The van der Waals surface area contributed by atoms with Gasteiger partial charge in [0, 0.05) is 6.54 Å². The minimum Gasteiger partial charge on any atom is -0.374 e. The van der Waals surface area contributed by atoms with Crippen LogP contribution in [0.4, 0.5) is 0 Å². The molecule has 5 unspecified atom stereocenters. The van der Waals surface area contributed by atoms with Crippen molar-refractivity contribution >= 4 is 5.91 Å². The number of carbonyl (C=O) groups is 1. The number of ether oxygens (including phenoxy) is 1. The quantitative estimate of drug-likeness (QED) is 0.760. The van der Waals surface area contributed by atoms with Gasteiger partial charge in [0.2, 0.25) is 5.91 Å². The number of nitrogens with two attached hydrogens (primary N) is 1. The molecule has 0 saturated carbocycles. The molecule has 1 rings (SSSR count). The Labute approximate surface area is 104 Å². The predicted molar refractivity (Wildman–Crippen MR) is 68.5 cm³/mol. The van der Waals surface area contributed by atoms with Gasteiger partial charge in [0.05, 0.1) is 18.1 Å². The highest BCUT2D eigenvalue weighted by Gasteiger charge is 2.41. The van der Waals surface area contributed by atoms with Gasteiger partial charge in [-0.25, -0.2) is 0 Å². The topological polar surface area (TPSA) is 64.3 Å². The summed E-state index contributed by atoms with van der Waals surface area (Å²) in [6.45, 7) is 9.59. The molecule has 0 radical (unpaired) electrons. The van der Waals surface area contributed by atoms with E-state index in [1.54, 1.807) is 0 Å². The smallest absolute Gasteiger partial charge is 0.226 e. The number of amides is 1. The number of carbonyl (C=O) groups excluding carboxylic acids is 1. The highest BCUT2D eigenvalue weighted by atomic mass is 16.5. The minimum absolute atomic E-state index is 0.0183. The molecule has 1 aliphatic heterocycles. The van der Waals surface area contributed by atoms with E-state index in [0.717, 1.165) is 6.42 Å². The van der Waals surface area contributed by atoms with Crippen molar-refractivity contribution in [2.45, 2.75) is 46.3 Å². The van der Waals surface area contributed by atoms with E-state index in [1.807, 2.05) is 13.8 Å². The molecule has 3 N–H and O–H groups in total. The van der Waals surface area contributed by atoms with Crippen molar-refractivity contribution in [1.29, 1.82) is 0 Å². The maximum atomic E-state index is 12.1. The van der Waals surface area contributed by atoms with Crippen molar-refractivity contribution < 1.29 is 9.53 Å². The van der Waals surface area contributed by atoms with E-state index in [0.29, 0.717) is 19.0 Å². The third-order valence-electron chi connectivity index (χ3n) is 3.83. The lowest BCUT2D eigenvalue weighted by atomic mass is 9.88. The van der Waals surface area contributed by atoms with Gasteiger partial charge in [0.1, 0.15) is 0 Å². The van der Waals surface area contributed by atoms with Crippen molar-refractivity contribution in [1.82, 2.24) is 5.32 Å². The molecule has 1 aliphatic rings. The first-order valence-electron chi connectivity index (χ1n) is 6.60. The predicted octanol–water partition coefficient (Wildman–Crippen LogP) is 1.15. The number of hydrogen-bond donors (Lipinski definition) is 2. The summed E-state index contributed by atoms with van der Waals surface area (Å²) < 4.78 is 5.68. The molecule has 100 valence electrons. The lowest BCUT2D eigenvalue weighted by molar-refractivity contribution is -0.127. The molecule has 1 saturated heterocycles. The normalized spacial score (nSPS) is 34.6. The fraction of sp³-hybridized carbons (Fsp3) is 0.923. The fourth-order valence-corrected chi connectivity index (χ4v) is 2.50. The SMILES string of the molecule is CC(CCN)CNC(=O)C1C(C)OC(C)C1C. The lowest BCUT2D eigenvalue weighted by Gasteiger charge is -2.19. The Kier molecular flexibility index (Phi) is 5.40. The van der Waals surface area contributed by atoms with Crippen molar-refractivity contribution in [3.05, 3.63) is 0 Å². The van der Waals surface area contributed by atoms with Gasteiger partial charge in [-0.1, -0.05) is 13.8 Å². The van der Waals surface area contributed by atoms with Crippen LogP contribution in [0.25, 0.3) is 0 Å². The maximum absolute atomic E-state index is 12.1. The molecular weight excluding hydrogens is 216 g/mol. The van der Waals surface area contributed by atoms with E-state index in [4.69, 9.17) is 10.5 Å². The zero-order valence-corrected chi connectivity index (χ0v) is 11.4. The highest BCUT2D eigenvalue weighted by Crippen LogP contribution is 2.32. The average molecular weight is 242 g/mol. The average Bonchev–Trinajstić information content (AvgIpc) is 2.50. The van der Waals surface area contributed by atoms with Gasteiger partial charge < -0.3 is 15.8 Å². The van der Waals surface area contributed by atoms with E-state index in [1.165, 1.54) is 0 Å². The minimum atomic E-state index is -0.0184. The second kappa shape index (κ2) is 6.36. The molecule has 0 aromatic rings. The van der Waals surface area contributed by atoms with Crippen LogP contribution in [-0.4, -0.2) is 31.2 Å². The Bertz CT molecular complexity index is 258. The molecular formula is C13H26N2O2. The lowest BCUT2D eigenvalue weighted by Crippen LogP contribution is -2.39. The molecule has 5 atom stereocenters. The second-order valence-corrected chi connectivity index (χ2v) is 5.36. The number of hydrogen-bond acceptors (Lipinski definition) is 3. The number of rotatable bonds is 5. The van der Waals surface area contributed by atoms with Crippen LogP contribution in [0.5, 0.6) is 0 Å². The van der Waals surface area contributed by atoms with Gasteiger partial charge in [-0.3, -0.25) is 4.79 Å². The summed E-state index contributed by atoms with van der Waals surface area (Å²) in [5, 5.41) is 3.02. The maximum Gasteiger partial charge on any atom is 0.226 e. The molecule has 0 aromatic carbocycles. The van der Waals surface area contributed by atoms with Crippen molar-refractivity contribution in [2.75, 3.05) is 13.1 Å². The summed E-state index contributed by atoms with van der Waals surface area (Å²) in [5.41, 5.74) is 5.49. The van der Waals surface area contributed by atoms with E-state index >= 15 is 0 Å². The fourth-order valence-electron chi connectivity index (χ4n) is 2.50. The summed E-state index contributed by atoms with van der Waals surface area (Å²) in [6.07, 6.45) is 1.13. The van der Waals surface area contributed by atoms with E-state index in [9.17, 15) is 4.79 Å². The molecule has 0 aliphatic carbocycles. The van der Waals surface area contributed by atoms with Crippen LogP contribution in [-0.2, 0) is 9.53 Å². The van der Waals surface area contributed by atoms with E-state index in [-0.39, 0.29) is 30.0 Å². The Morgan fingerprint density at radius 3 is 2.47 bits per heavy atom. The molecule has 1 heterocycles. The molecule has 17 heavy (non-hydrogen) atoms. The van der Waals surface area contributed by atoms with Crippen molar-refractivity contribution in [3.63, 3.8) is 0 Å². The standard InChI is InChI=1S/C13H26N2O2/c1-8(5-6-14)7-15-13(16)12-9(2)10(3)17-11(12)4/h8-12H,5-7,14H2,1-4H3,(H,15,16). The molecule has 1 amide bonds. The van der Waals surface area contributed by atoms with Crippen LogP contribution < -0.4 is 11.1 Å². The van der Waals surface area contributed by atoms with Crippen LogP contribution in [0.2, 0.25) is 0 Å². The molecule has 4 heteroatoms. The first-order valence-corrected chi connectivity index (χ1v) is 6.60. The van der Waals surface area contributed by atoms with Gasteiger partial charge in [-0.05, 0) is 38.6 Å². The Morgan fingerprint density at radius 2 is 2.00 bits per heavy atom. The summed E-state index contributed by atoms with van der Waals surface area (Å²) in [7, 11) is 0. The first kappa shape index (κ1) is 14.5. The van der Waals surface area contributed by atoms with E-state index < -0.39 is 0 Å². The zero-order valence-electron chi connectivity index (χ0n) is 11.4. The zero-order chi connectivity index (χ0) is 13.0. The molecule has 4 nitrogen and oxygen atoms in total. The van der Waals surface area contributed by atoms with Crippen LogP contribution in [0.3, 0.4) is 0 Å². The van der Waals surface area contributed by atoms with Crippen LogP contribution in [0, 0.1) is 17.8 Å². The summed E-state index contributed by atoms with van der Waals surface area (Å²) >= 11 is 0. The summed E-state index contributed by atoms with van der Waals surface area (Å²) in [6, 6.07) is 0. The Morgan fingerprint density at radius 1 is 1.35 bits per heavy atom. The number of nitrogens with one attached hydrogen (secondary N) is 1. The third kappa shape index (κ3) is 3.68. The van der Waals surface area contributed by atoms with Gasteiger partial charge in [0.15, 0.2) is 0 Å². The highest BCUT2D eigenvalue weighted by molar-refractivity contribution is 5.79. The molecule has 0 spiro atoms. The van der Waals surface area contributed by atoms with Crippen LogP contribution in [0.15, 0.2) is 0 Å². The van der Waals surface area contributed by atoms with Gasteiger partial charge in [0.25, 0.3) is 0 Å². The summed E-state index contributed by atoms with van der Waals surface area (Å²) in [5.74, 6) is 0.831. The largest absolute Gasteiger partial charge is 0.374 e. The molecule has 0 bridgehead atoms. The van der Waals surface area contributed by atoms with Crippen molar-refractivity contribution in [3.8, 4) is 0 Å². The Hall–Kier alpha value is -0.610. The Balaban J connectivity index is 2.42. The van der Waals surface area contributed by atoms with Crippen LogP contribution >= 0.6 is 0 Å². The molecule has 0 aromatic heterocycles. The van der Waals surface area contributed by atoms with Crippen LogP contribution in [0.1, 0.15) is 34.1 Å². The van der Waals surface area contributed by atoms with Crippen molar-refractivity contribution in [2.24, 2.45) is 23.5 Å². The second-order valence-electron chi connectivity index (χ2n) is 5.36. The van der Waals surface area contributed by atoms with Gasteiger partial charge >= 0.3 is 0 Å². The third-order valence-corrected chi connectivity index (χ3v) is 3.83. The molecule has 1 fully saturated rings. The van der Waals surface area contributed by atoms with Gasteiger partial charge in [-0.15, -0.1) is 0 Å². The summed E-state index contributed by atoms with van der Waals surface area (Å²) in [4.78, 5) is 12.1.